The summed E-state index contributed by atoms with van der Waals surface area (Å²) in [5.41, 5.74) is 8.67. The fourth-order valence-corrected chi connectivity index (χ4v) is 1.59. The van der Waals surface area contributed by atoms with Gasteiger partial charge in [0.15, 0.2) is 0 Å². The van der Waals surface area contributed by atoms with Crippen molar-refractivity contribution in [2.24, 2.45) is 0 Å². The van der Waals surface area contributed by atoms with Crippen LogP contribution in [0, 0.1) is 11.3 Å². The zero-order valence-corrected chi connectivity index (χ0v) is 9.44. The van der Waals surface area contributed by atoms with Crippen LogP contribution in [-0.4, -0.2) is 10.2 Å². The predicted octanol–water partition coefficient (Wildman–Crippen LogP) is 2.04. The van der Waals surface area contributed by atoms with E-state index in [2.05, 4.69) is 15.5 Å². The van der Waals surface area contributed by atoms with Gasteiger partial charge in [-0.2, -0.15) is 10.4 Å². The van der Waals surface area contributed by atoms with Gasteiger partial charge in [-0.25, -0.2) is 0 Å². The van der Waals surface area contributed by atoms with Crippen molar-refractivity contribution in [1.82, 2.24) is 10.2 Å². The number of H-pyrrole nitrogens is 1. The molecule has 0 saturated heterocycles. The molecule has 5 nitrogen and oxygen atoms in total. The Morgan fingerprint density at radius 2 is 2.35 bits per heavy atom. The molecule has 0 aliphatic rings. The van der Waals surface area contributed by atoms with Crippen LogP contribution >= 0.6 is 0 Å². The Morgan fingerprint density at radius 1 is 1.53 bits per heavy atom. The van der Waals surface area contributed by atoms with Crippen molar-refractivity contribution in [2.45, 2.75) is 13.0 Å². The summed E-state index contributed by atoms with van der Waals surface area (Å²) in [4.78, 5) is 0. The molecule has 0 radical (unpaired) electrons. The van der Waals surface area contributed by atoms with Gasteiger partial charge in [-0.15, -0.1) is 0 Å². The molecule has 17 heavy (non-hydrogen) atoms. The quantitative estimate of drug-likeness (QED) is 0.700. The largest absolute Gasteiger partial charge is 0.398 e. The Bertz CT molecular complexity index is 539. The molecule has 1 atom stereocenters. The number of nitrogen functional groups attached to an aromatic ring is 1. The van der Waals surface area contributed by atoms with Crippen LogP contribution in [0.5, 0.6) is 0 Å². The van der Waals surface area contributed by atoms with E-state index in [0.29, 0.717) is 11.3 Å². The van der Waals surface area contributed by atoms with Crippen molar-refractivity contribution in [3.05, 3.63) is 41.7 Å². The maximum Gasteiger partial charge on any atom is 0.101 e. The number of aromatic amines is 1. The molecule has 0 spiro atoms. The molecule has 4 N–H and O–H groups in total. The van der Waals surface area contributed by atoms with Crippen molar-refractivity contribution < 1.29 is 0 Å². The summed E-state index contributed by atoms with van der Waals surface area (Å²) in [7, 11) is 0. The van der Waals surface area contributed by atoms with Crippen molar-refractivity contribution in [3.63, 3.8) is 0 Å². The molecule has 0 aliphatic heterocycles. The standard InChI is InChI=1S/C12H13N5/c1-8(10-6-15-16-7-10)17-11-3-2-9(5-13)12(14)4-11/h2-4,6-8,17H,14H2,1H3,(H,15,16). The van der Waals surface area contributed by atoms with E-state index < -0.39 is 0 Å². The third-order valence-electron chi connectivity index (χ3n) is 2.57. The summed E-state index contributed by atoms with van der Waals surface area (Å²) < 4.78 is 0. The molecule has 1 aromatic carbocycles. The number of hydrogen-bond acceptors (Lipinski definition) is 4. The van der Waals surface area contributed by atoms with Crippen molar-refractivity contribution >= 4 is 11.4 Å². The first-order chi connectivity index (χ1) is 8.20. The second-order valence-corrected chi connectivity index (χ2v) is 3.81. The highest BCUT2D eigenvalue weighted by Crippen LogP contribution is 2.22. The predicted molar refractivity (Wildman–Crippen MR) is 66.2 cm³/mol. The second kappa shape index (κ2) is 4.58. The van der Waals surface area contributed by atoms with Crippen LogP contribution < -0.4 is 11.1 Å². The van der Waals surface area contributed by atoms with Crippen LogP contribution in [0.3, 0.4) is 0 Å². The molecule has 0 saturated carbocycles. The minimum atomic E-state index is 0.126. The van der Waals surface area contributed by atoms with E-state index in [1.54, 1.807) is 18.3 Å². The Morgan fingerprint density at radius 3 is 2.94 bits per heavy atom. The molecule has 1 heterocycles. The summed E-state index contributed by atoms with van der Waals surface area (Å²) in [6, 6.07) is 7.47. The van der Waals surface area contributed by atoms with Gasteiger partial charge in [0.2, 0.25) is 0 Å². The Labute approximate surface area is 99.3 Å². The van der Waals surface area contributed by atoms with E-state index in [9.17, 15) is 0 Å². The van der Waals surface area contributed by atoms with Crippen LogP contribution in [0.4, 0.5) is 11.4 Å². The van der Waals surface area contributed by atoms with E-state index in [1.807, 2.05) is 25.3 Å². The van der Waals surface area contributed by atoms with E-state index in [-0.39, 0.29) is 6.04 Å². The van der Waals surface area contributed by atoms with Crippen molar-refractivity contribution in [1.29, 1.82) is 5.26 Å². The smallest absolute Gasteiger partial charge is 0.101 e. The van der Waals surface area contributed by atoms with Crippen LogP contribution in [0.25, 0.3) is 0 Å². The third-order valence-corrected chi connectivity index (χ3v) is 2.57. The summed E-state index contributed by atoms with van der Waals surface area (Å²) in [6.45, 7) is 2.03. The fraction of sp³-hybridized carbons (Fsp3) is 0.167. The maximum absolute atomic E-state index is 8.78. The van der Waals surface area contributed by atoms with Gasteiger partial charge in [-0.1, -0.05) is 0 Å². The minimum absolute atomic E-state index is 0.126. The van der Waals surface area contributed by atoms with Gasteiger partial charge in [-0.05, 0) is 25.1 Å². The molecular weight excluding hydrogens is 214 g/mol. The zero-order chi connectivity index (χ0) is 12.3. The first-order valence-electron chi connectivity index (χ1n) is 5.25. The van der Waals surface area contributed by atoms with Gasteiger partial charge in [0.25, 0.3) is 0 Å². The lowest BCUT2D eigenvalue weighted by Crippen LogP contribution is -2.06. The number of nitrogens with one attached hydrogen (secondary N) is 2. The van der Waals surface area contributed by atoms with Gasteiger partial charge in [0, 0.05) is 17.4 Å². The second-order valence-electron chi connectivity index (χ2n) is 3.81. The lowest BCUT2D eigenvalue weighted by atomic mass is 10.1. The van der Waals surface area contributed by atoms with Gasteiger partial charge < -0.3 is 11.1 Å². The summed E-state index contributed by atoms with van der Waals surface area (Å²) in [6.07, 6.45) is 3.61. The first-order valence-corrected chi connectivity index (χ1v) is 5.25. The summed E-state index contributed by atoms with van der Waals surface area (Å²) in [5, 5.41) is 18.7. The monoisotopic (exact) mass is 227 g/mol. The molecule has 0 aliphatic carbocycles. The summed E-state index contributed by atoms with van der Waals surface area (Å²) in [5.74, 6) is 0. The molecular formula is C12H13N5. The molecule has 1 unspecified atom stereocenters. The lowest BCUT2D eigenvalue weighted by molar-refractivity contribution is 0.886. The van der Waals surface area contributed by atoms with Crippen molar-refractivity contribution in [2.75, 3.05) is 11.1 Å². The highest BCUT2D eigenvalue weighted by Gasteiger charge is 2.07. The number of benzene rings is 1. The number of rotatable bonds is 3. The molecule has 2 rings (SSSR count). The molecule has 5 heteroatoms. The zero-order valence-electron chi connectivity index (χ0n) is 9.44. The third kappa shape index (κ3) is 2.37. The number of hydrogen-bond donors (Lipinski definition) is 3. The molecule has 1 aromatic heterocycles. The van der Waals surface area contributed by atoms with Crippen molar-refractivity contribution in [3.8, 4) is 6.07 Å². The van der Waals surface area contributed by atoms with E-state index >= 15 is 0 Å². The van der Waals surface area contributed by atoms with E-state index in [1.165, 1.54) is 0 Å². The van der Waals surface area contributed by atoms with E-state index in [0.717, 1.165) is 11.3 Å². The van der Waals surface area contributed by atoms with Crippen LogP contribution in [-0.2, 0) is 0 Å². The lowest BCUT2D eigenvalue weighted by Gasteiger charge is -2.14. The van der Waals surface area contributed by atoms with Gasteiger partial charge in [0.05, 0.1) is 23.5 Å². The number of aromatic nitrogens is 2. The Hall–Kier alpha value is -2.48. The summed E-state index contributed by atoms with van der Waals surface area (Å²) >= 11 is 0. The SMILES string of the molecule is CC(Nc1ccc(C#N)c(N)c1)c1cn[nH]c1. The number of anilines is 2. The van der Waals surface area contributed by atoms with Gasteiger partial charge in [0.1, 0.15) is 6.07 Å². The molecule has 0 amide bonds. The average molecular weight is 227 g/mol. The van der Waals surface area contributed by atoms with Crippen LogP contribution in [0.2, 0.25) is 0 Å². The topological polar surface area (TPSA) is 90.5 Å². The Balaban J connectivity index is 2.15. The van der Waals surface area contributed by atoms with E-state index in [4.69, 9.17) is 11.0 Å². The number of nitriles is 1. The average Bonchev–Trinajstić information content (AvgIpc) is 2.82. The highest BCUT2D eigenvalue weighted by atomic mass is 15.1. The molecule has 0 fully saturated rings. The molecule has 86 valence electrons. The fourth-order valence-electron chi connectivity index (χ4n) is 1.59. The maximum atomic E-state index is 8.78. The normalized spacial score (nSPS) is 11.8. The molecule has 2 aromatic rings. The highest BCUT2D eigenvalue weighted by molar-refractivity contribution is 5.63. The van der Waals surface area contributed by atoms with Gasteiger partial charge >= 0.3 is 0 Å². The number of nitrogens with two attached hydrogens (primary N) is 1. The first kappa shape index (κ1) is 11.0. The number of nitrogens with zero attached hydrogens (tertiary/aromatic N) is 2. The van der Waals surface area contributed by atoms with Crippen LogP contribution in [0.15, 0.2) is 30.6 Å². The minimum Gasteiger partial charge on any atom is -0.398 e. The molecule has 0 bridgehead atoms. The van der Waals surface area contributed by atoms with Gasteiger partial charge in [-0.3, -0.25) is 5.10 Å². The van der Waals surface area contributed by atoms with Crippen LogP contribution in [0.1, 0.15) is 24.1 Å². The Kier molecular flexibility index (Phi) is 2.97.